The van der Waals surface area contributed by atoms with Crippen molar-refractivity contribution in [3.8, 4) is 0 Å². The summed E-state index contributed by atoms with van der Waals surface area (Å²) in [5, 5.41) is 3.03. The van der Waals surface area contributed by atoms with Crippen LogP contribution in [0.2, 0.25) is 0 Å². The maximum Gasteiger partial charge on any atom is 0.0859 e. The Labute approximate surface area is 154 Å². The van der Waals surface area contributed by atoms with Gasteiger partial charge in [-0.1, -0.05) is 57.0 Å². The first kappa shape index (κ1) is 19.5. The second-order valence-electron chi connectivity index (χ2n) is 7.16. The van der Waals surface area contributed by atoms with Crippen molar-refractivity contribution >= 4 is 11.9 Å². The van der Waals surface area contributed by atoms with Crippen molar-refractivity contribution in [2.45, 2.75) is 65.2 Å². The summed E-state index contributed by atoms with van der Waals surface area (Å²) < 4.78 is 0. The van der Waals surface area contributed by atoms with Gasteiger partial charge in [0, 0.05) is 7.05 Å². The van der Waals surface area contributed by atoms with Crippen molar-refractivity contribution in [2.24, 2.45) is 10.9 Å². The second kappa shape index (κ2) is 10.9. The van der Waals surface area contributed by atoms with Crippen LogP contribution >= 0.6 is 0 Å². The monoisotopic (exact) mass is 338 g/mol. The molecule has 0 bridgehead atoms. The fourth-order valence-corrected chi connectivity index (χ4v) is 3.41. The highest BCUT2D eigenvalue weighted by Gasteiger charge is 2.13. The van der Waals surface area contributed by atoms with Crippen LogP contribution in [-0.4, -0.2) is 13.4 Å². The fourth-order valence-electron chi connectivity index (χ4n) is 3.41. The lowest BCUT2D eigenvalue weighted by Gasteiger charge is -2.20. The molecule has 0 aromatic heterocycles. The van der Waals surface area contributed by atoms with Gasteiger partial charge in [-0.2, -0.15) is 0 Å². The van der Waals surface area contributed by atoms with Gasteiger partial charge in [-0.05, 0) is 72.9 Å². The zero-order chi connectivity index (χ0) is 17.9. The Bertz CT molecular complexity index is 611. The summed E-state index contributed by atoms with van der Waals surface area (Å²) in [7, 11) is 1.77. The molecule has 0 spiro atoms. The molecule has 1 aliphatic rings. The highest BCUT2D eigenvalue weighted by Crippen LogP contribution is 2.31. The number of aryl methyl sites for hydroxylation is 2. The molecule has 0 heterocycles. The average Bonchev–Trinajstić information content (AvgIpc) is 2.64. The Morgan fingerprint density at radius 2 is 2.16 bits per heavy atom. The topological polar surface area (TPSA) is 24.4 Å². The summed E-state index contributed by atoms with van der Waals surface area (Å²) in [6.45, 7) is 4.67. The largest absolute Gasteiger partial charge is 0.353 e. The van der Waals surface area contributed by atoms with E-state index in [0.717, 1.165) is 18.8 Å². The lowest BCUT2D eigenvalue weighted by atomic mass is 9.86. The van der Waals surface area contributed by atoms with Crippen LogP contribution in [0.3, 0.4) is 0 Å². The van der Waals surface area contributed by atoms with Gasteiger partial charge in [0.25, 0.3) is 0 Å². The van der Waals surface area contributed by atoms with Crippen LogP contribution in [0, 0.1) is 5.92 Å². The van der Waals surface area contributed by atoms with Crippen molar-refractivity contribution in [1.29, 1.82) is 0 Å². The SMILES string of the molecule is CCC(C)CCCC1=CCCc2ccc(CCC=CNC=NC)cc21. The molecule has 136 valence electrons. The number of fused-ring (bicyclic) bond motifs is 1. The van der Waals surface area contributed by atoms with Gasteiger partial charge in [-0.3, -0.25) is 4.99 Å². The zero-order valence-corrected chi connectivity index (χ0v) is 16.2. The summed E-state index contributed by atoms with van der Waals surface area (Å²) >= 11 is 0. The molecule has 0 saturated heterocycles. The molecule has 2 nitrogen and oxygen atoms in total. The summed E-state index contributed by atoms with van der Waals surface area (Å²) in [6, 6.07) is 7.12. The Morgan fingerprint density at radius 3 is 2.96 bits per heavy atom. The van der Waals surface area contributed by atoms with Gasteiger partial charge >= 0.3 is 0 Å². The van der Waals surface area contributed by atoms with E-state index in [1.54, 1.807) is 24.5 Å². The third-order valence-electron chi connectivity index (χ3n) is 5.18. The van der Waals surface area contributed by atoms with E-state index in [1.165, 1.54) is 49.7 Å². The van der Waals surface area contributed by atoms with Gasteiger partial charge in [0.1, 0.15) is 0 Å². The van der Waals surface area contributed by atoms with Gasteiger partial charge in [0.15, 0.2) is 0 Å². The highest BCUT2D eigenvalue weighted by molar-refractivity contribution is 5.70. The number of aliphatic imine (C=N–C) groups is 1. The molecule has 1 unspecified atom stereocenters. The van der Waals surface area contributed by atoms with E-state index >= 15 is 0 Å². The molecule has 1 aliphatic carbocycles. The third-order valence-corrected chi connectivity index (χ3v) is 5.18. The molecule has 2 heteroatoms. The molecule has 1 aromatic carbocycles. The Balaban J connectivity index is 1.93. The maximum absolute atomic E-state index is 3.90. The maximum atomic E-state index is 3.90. The summed E-state index contributed by atoms with van der Waals surface area (Å²) in [6.07, 6.45) is 18.1. The average molecular weight is 339 g/mol. The van der Waals surface area contributed by atoms with Crippen LogP contribution in [-0.2, 0) is 12.8 Å². The molecule has 0 saturated carbocycles. The predicted molar refractivity (Wildman–Crippen MR) is 111 cm³/mol. The van der Waals surface area contributed by atoms with Gasteiger partial charge in [-0.25, -0.2) is 0 Å². The molecule has 1 N–H and O–H groups in total. The Morgan fingerprint density at radius 1 is 1.28 bits per heavy atom. The van der Waals surface area contributed by atoms with E-state index in [1.807, 2.05) is 6.20 Å². The van der Waals surface area contributed by atoms with E-state index in [-0.39, 0.29) is 0 Å². The first-order valence-corrected chi connectivity index (χ1v) is 9.87. The number of hydrogen-bond donors (Lipinski definition) is 1. The van der Waals surface area contributed by atoms with Crippen molar-refractivity contribution < 1.29 is 0 Å². The number of nitrogens with zero attached hydrogens (tertiary/aromatic N) is 1. The first-order valence-electron chi connectivity index (χ1n) is 9.87. The lowest BCUT2D eigenvalue weighted by Crippen LogP contribution is -2.02. The van der Waals surface area contributed by atoms with E-state index in [9.17, 15) is 0 Å². The summed E-state index contributed by atoms with van der Waals surface area (Å²) in [4.78, 5) is 3.90. The number of hydrogen-bond acceptors (Lipinski definition) is 1. The first-order chi connectivity index (χ1) is 12.2. The Hall–Kier alpha value is -1.83. The molecule has 0 radical (unpaired) electrons. The highest BCUT2D eigenvalue weighted by atomic mass is 14.9. The number of nitrogens with one attached hydrogen (secondary N) is 1. The van der Waals surface area contributed by atoms with Gasteiger partial charge in [0.2, 0.25) is 0 Å². The van der Waals surface area contributed by atoms with Crippen LogP contribution < -0.4 is 5.32 Å². The van der Waals surface area contributed by atoms with E-state index in [4.69, 9.17) is 0 Å². The molecule has 0 amide bonds. The fraction of sp³-hybridized carbons (Fsp3) is 0.522. The molecule has 25 heavy (non-hydrogen) atoms. The normalized spacial score (nSPS) is 15.4. The van der Waals surface area contributed by atoms with E-state index < -0.39 is 0 Å². The smallest absolute Gasteiger partial charge is 0.0859 e. The third kappa shape index (κ3) is 6.53. The standard InChI is InChI=1S/C23H34N2/c1-4-19(2)9-7-11-21-12-8-13-22-15-14-20(17-23(21)22)10-5-6-16-25-18-24-3/h6,12,14-19H,4-5,7-11,13H2,1-3H3,(H,24,25). The van der Waals surface area contributed by atoms with Crippen LogP contribution in [0.5, 0.6) is 0 Å². The van der Waals surface area contributed by atoms with Gasteiger partial charge < -0.3 is 5.32 Å². The molecule has 1 atom stereocenters. The molecule has 1 aromatic rings. The predicted octanol–water partition coefficient (Wildman–Crippen LogP) is 5.93. The van der Waals surface area contributed by atoms with E-state index in [2.05, 4.69) is 54.5 Å². The lowest BCUT2D eigenvalue weighted by molar-refractivity contribution is 0.499. The molecule has 0 fully saturated rings. The molecule has 0 aliphatic heterocycles. The van der Waals surface area contributed by atoms with Crippen LogP contribution in [0.4, 0.5) is 0 Å². The van der Waals surface area contributed by atoms with Crippen LogP contribution in [0.25, 0.3) is 5.57 Å². The quantitative estimate of drug-likeness (QED) is 0.415. The van der Waals surface area contributed by atoms with Crippen LogP contribution in [0.1, 0.15) is 69.1 Å². The van der Waals surface area contributed by atoms with E-state index in [0.29, 0.717) is 0 Å². The number of benzene rings is 1. The molecule has 2 rings (SSSR count). The summed E-state index contributed by atoms with van der Waals surface area (Å²) in [5.74, 6) is 0.855. The summed E-state index contributed by atoms with van der Waals surface area (Å²) in [5.41, 5.74) is 6.10. The van der Waals surface area contributed by atoms with Crippen molar-refractivity contribution in [3.63, 3.8) is 0 Å². The van der Waals surface area contributed by atoms with Crippen LogP contribution in [0.15, 0.2) is 41.5 Å². The minimum Gasteiger partial charge on any atom is -0.353 e. The van der Waals surface area contributed by atoms with Crippen molar-refractivity contribution in [2.75, 3.05) is 7.05 Å². The minimum atomic E-state index is 0.855. The molecular formula is C23H34N2. The second-order valence-corrected chi connectivity index (χ2v) is 7.16. The number of allylic oxidation sites excluding steroid dienone is 3. The molecular weight excluding hydrogens is 304 g/mol. The Kier molecular flexibility index (Phi) is 8.51. The van der Waals surface area contributed by atoms with Crippen molar-refractivity contribution in [3.05, 3.63) is 53.2 Å². The minimum absolute atomic E-state index is 0.855. The van der Waals surface area contributed by atoms with Gasteiger partial charge in [0.05, 0.1) is 6.34 Å². The van der Waals surface area contributed by atoms with Gasteiger partial charge in [-0.15, -0.1) is 0 Å². The zero-order valence-electron chi connectivity index (χ0n) is 16.2. The number of rotatable bonds is 10. The van der Waals surface area contributed by atoms with Crippen molar-refractivity contribution in [1.82, 2.24) is 5.32 Å².